The quantitative estimate of drug-likeness (QED) is 0.612. The van der Waals surface area contributed by atoms with Gasteiger partial charge < -0.3 is 4.74 Å². The van der Waals surface area contributed by atoms with Crippen molar-refractivity contribution in [3.8, 4) is 0 Å². The summed E-state index contributed by atoms with van der Waals surface area (Å²) in [7, 11) is 0. The summed E-state index contributed by atoms with van der Waals surface area (Å²) in [6, 6.07) is 4.88. The molecule has 2 nitrogen and oxygen atoms in total. The lowest BCUT2D eigenvalue weighted by atomic mass is 10.00. The molecule has 0 spiro atoms. The Morgan fingerprint density at radius 1 is 1.26 bits per heavy atom. The van der Waals surface area contributed by atoms with E-state index in [2.05, 4.69) is 0 Å². The molecule has 1 aromatic carbocycles. The van der Waals surface area contributed by atoms with Gasteiger partial charge in [-0.3, -0.25) is 0 Å². The summed E-state index contributed by atoms with van der Waals surface area (Å²) in [5.74, 6) is -0.516. The van der Waals surface area contributed by atoms with Crippen LogP contribution in [0, 0.1) is 0 Å². The van der Waals surface area contributed by atoms with Gasteiger partial charge in [-0.1, -0.05) is 12.1 Å². The van der Waals surface area contributed by atoms with Gasteiger partial charge in [-0.25, -0.2) is 4.79 Å². The third kappa shape index (κ3) is 3.84. The standard InChI is InChI=1S/C14H15F3O2/c1-4-19-13(18)10(3)9(2)11-6-5-7-12(8-11)14(15,16)17/h5-8H,4H2,1-3H3/b10-9-. The molecular formula is C14H15F3O2. The number of rotatable bonds is 3. The van der Waals surface area contributed by atoms with Crippen molar-refractivity contribution in [2.24, 2.45) is 0 Å². The largest absolute Gasteiger partial charge is 0.463 e. The number of benzene rings is 1. The summed E-state index contributed by atoms with van der Waals surface area (Å²) in [6.45, 7) is 5.03. The van der Waals surface area contributed by atoms with Gasteiger partial charge in [-0.15, -0.1) is 0 Å². The van der Waals surface area contributed by atoms with Gasteiger partial charge in [0.2, 0.25) is 0 Å². The average Bonchev–Trinajstić information content (AvgIpc) is 2.36. The zero-order valence-electron chi connectivity index (χ0n) is 11.0. The van der Waals surface area contributed by atoms with Crippen LogP contribution in [0.1, 0.15) is 31.9 Å². The van der Waals surface area contributed by atoms with Crippen LogP contribution < -0.4 is 0 Å². The maximum atomic E-state index is 12.6. The zero-order valence-corrected chi connectivity index (χ0v) is 11.0. The Bertz CT molecular complexity index is 502. The lowest BCUT2D eigenvalue weighted by Crippen LogP contribution is -2.08. The van der Waals surface area contributed by atoms with Gasteiger partial charge >= 0.3 is 12.1 Å². The molecule has 0 amide bonds. The van der Waals surface area contributed by atoms with E-state index in [0.717, 1.165) is 12.1 Å². The Morgan fingerprint density at radius 2 is 1.89 bits per heavy atom. The van der Waals surface area contributed by atoms with Crippen LogP contribution in [0.4, 0.5) is 13.2 Å². The number of alkyl halides is 3. The first-order chi connectivity index (χ1) is 8.77. The van der Waals surface area contributed by atoms with Crippen molar-refractivity contribution in [1.82, 2.24) is 0 Å². The second-order valence-electron chi connectivity index (χ2n) is 4.05. The van der Waals surface area contributed by atoms with Gasteiger partial charge in [0, 0.05) is 5.57 Å². The molecule has 0 bridgehead atoms. The van der Waals surface area contributed by atoms with Crippen LogP contribution in [0.2, 0.25) is 0 Å². The monoisotopic (exact) mass is 272 g/mol. The molecule has 0 saturated heterocycles. The van der Waals surface area contributed by atoms with Crippen molar-refractivity contribution in [3.63, 3.8) is 0 Å². The predicted octanol–water partition coefficient (Wildman–Crippen LogP) is 4.06. The molecule has 0 heterocycles. The first-order valence-electron chi connectivity index (χ1n) is 5.79. The van der Waals surface area contributed by atoms with E-state index in [9.17, 15) is 18.0 Å². The van der Waals surface area contributed by atoms with Gasteiger partial charge in [-0.2, -0.15) is 13.2 Å². The highest BCUT2D eigenvalue weighted by Gasteiger charge is 2.30. The van der Waals surface area contributed by atoms with Crippen molar-refractivity contribution in [2.45, 2.75) is 26.9 Å². The first kappa shape index (κ1) is 15.3. The average molecular weight is 272 g/mol. The summed E-state index contributed by atoms with van der Waals surface area (Å²) >= 11 is 0. The van der Waals surface area contributed by atoms with Crippen LogP contribution in [-0.2, 0) is 15.7 Å². The number of carbonyl (C=O) groups excluding carboxylic acids is 1. The molecule has 0 aliphatic rings. The summed E-state index contributed by atoms with van der Waals surface area (Å²) < 4.78 is 42.6. The number of hydrogen-bond acceptors (Lipinski definition) is 2. The highest BCUT2D eigenvalue weighted by molar-refractivity contribution is 5.96. The molecule has 0 N–H and O–H groups in total. The second kappa shape index (κ2) is 5.91. The van der Waals surface area contributed by atoms with Crippen molar-refractivity contribution in [1.29, 1.82) is 0 Å². The molecule has 0 aromatic heterocycles. The Balaban J connectivity index is 3.16. The first-order valence-corrected chi connectivity index (χ1v) is 5.79. The van der Waals surface area contributed by atoms with Crippen molar-refractivity contribution < 1.29 is 22.7 Å². The minimum absolute atomic E-state index is 0.228. The van der Waals surface area contributed by atoms with Gasteiger partial charge in [-0.05, 0) is 44.0 Å². The van der Waals surface area contributed by atoms with Crippen LogP contribution in [0.5, 0.6) is 0 Å². The highest BCUT2D eigenvalue weighted by Crippen LogP contribution is 2.31. The van der Waals surface area contributed by atoms with Crippen LogP contribution in [0.25, 0.3) is 5.57 Å². The van der Waals surface area contributed by atoms with E-state index in [-0.39, 0.29) is 6.61 Å². The number of allylic oxidation sites excluding steroid dienone is 1. The molecular weight excluding hydrogens is 257 g/mol. The van der Waals surface area contributed by atoms with E-state index in [4.69, 9.17) is 4.74 Å². The van der Waals surface area contributed by atoms with E-state index in [1.165, 1.54) is 19.1 Å². The lowest BCUT2D eigenvalue weighted by Gasteiger charge is -2.11. The van der Waals surface area contributed by atoms with Crippen LogP contribution >= 0.6 is 0 Å². The van der Waals surface area contributed by atoms with Crippen molar-refractivity contribution >= 4 is 11.5 Å². The van der Waals surface area contributed by atoms with Crippen LogP contribution in [0.3, 0.4) is 0 Å². The summed E-state index contributed by atoms with van der Waals surface area (Å²) in [4.78, 5) is 11.5. The predicted molar refractivity (Wildman–Crippen MR) is 66.3 cm³/mol. The van der Waals surface area contributed by atoms with Crippen LogP contribution in [0.15, 0.2) is 29.8 Å². The van der Waals surface area contributed by atoms with Crippen LogP contribution in [-0.4, -0.2) is 12.6 Å². The maximum Gasteiger partial charge on any atom is 0.416 e. The Hall–Kier alpha value is -1.78. The molecule has 0 fully saturated rings. The molecule has 0 aliphatic carbocycles. The third-order valence-corrected chi connectivity index (χ3v) is 2.77. The normalized spacial score (nSPS) is 12.9. The summed E-state index contributed by atoms with van der Waals surface area (Å²) in [6.07, 6.45) is -4.39. The lowest BCUT2D eigenvalue weighted by molar-refractivity contribution is -0.138. The smallest absolute Gasteiger partial charge is 0.416 e. The molecule has 0 aliphatic heterocycles. The topological polar surface area (TPSA) is 26.3 Å². The fraction of sp³-hybridized carbons (Fsp3) is 0.357. The molecule has 0 saturated carbocycles. The Labute approximate surface area is 109 Å². The molecule has 1 aromatic rings. The van der Waals surface area contributed by atoms with Gasteiger partial charge in [0.1, 0.15) is 0 Å². The molecule has 0 unspecified atom stereocenters. The number of esters is 1. The zero-order chi connectivity index (χ0) is 14.6. The second-order valence-corrected chi connectivity index (χ2v) is 4.05. The Morgan fingerprint density at radius 3 is 2.42 bits per heavy atom. The van der Waals surface area contributed by atoms with E-state index in [0.29, 0.717) is 16.7 Å². The number of ether oxygens (including phenoxy) is 1. The molecule has 19 heavy (non-hydrogen) atoms. The summed E-state index contributed by atoms with van der Waals surface area (Å²) in [5.41, 5.74) is 0.409. The SMILES string of the molecule is CCOC(=O)/C(C)=C(/C)c1cccc(C(F)(F)F)c1. The third-order valence-electron chi connectivity index (χ3n) is 2.77. The van der Waals surface area contributed by atoms with E-state index < -0.39 is 17.7 Å². The molecule has 1 rings (SSSR count). The number of hydrogen-bond donors (Lipinski definition) is 0. The van der Waals surface area contributed by atoms with Gasteiger partial charge in [0.15, 0.2) is 0 Å². The molecule has 104 valence electrons. The fourth-order valence-electron chi connectivity index (χ4n) is 1.54. The minimum Gasteiger partial charge on any atom is -0.463 e. The highest BCUT2D eigenvalue weighted by atomic mass is 19.4. The van der Waals surface area contributed by atoms with Gasteiger partial charge in [0.25, 0.3) is 0 Å². The van der Waals surface area contributed by atoms with E-state index >= 15 is 0 Å². The maximum absolute atomic E-state index is 12.6. The van der Waals surface area contributed by atoms with Crippen molar-refractivity contribution in [2.75, 3.05) is 6.61 Å². The van der Waals surface area contributed by atoms with E-state index in [1.54, 1.807) is 13.8 Å². The Kier molecular flexibility index (Phi) is 4.75. The van der Waals surface area contributed by atoms with Gasteiger partial charge in [0.05, 0.1) is 12.2 Å². The molecule has 0 atom stereocenters. The molecule has 0 radical (unpaired) electrons. The minimum atomic E-state index is -4.39. The fourth-order valence-corrected chi connectivity index (χ4v) is 1.54. The number of carbonyl (C=O) groups is 1. The van der Waals surface area contributed by atoms with E-state index in [1.807, 2.05) is 0 Å². The van der Waals surface area contributed by atoms with Crippen molar-refractivity contribution in [3.05, 3.63) is 41.0 Å². The summed E-state index contributed by atoms with van der Waals surface area (Å²) in [5, 5.41) is 0. The number of halogens is 3. The molecule has 5 heteroatoms.